The minimum absolute atomic E-state index is 0.162. The molecule has 41 heavy (non-hydrogen) atoms. The molecule has 3 amide bonds. The van der Waals surface area contributed by atoms with Crippen molar-refractivity contribution in [3.63, 3.8) is 0 Å². The standard InChI is InChI=1S/C33H39N5O2S/c1-23-10-12-27(13-11-23)38-30(22-29(36-38)33(2,3)4)35-32(40)34-26-8-5-7-25(20-26)19-24-14-16-37(17-15-24)31(39)21-28-9-6-18-41-28/h5-13,18,20,22,24H,14-17,19,21H2,1-4H3,(H2,34,35,40). The predicted octanol–water partition coefficient (Wildman–Crippen LogP) is 7.21. The first kappa shape index (κ1) is 28.6. The van der Waals surface area contributed by atoms with E-state index in [9.17, 15) is 9.59 Å². The number of aromatic nitrogens is 2. The van der Waals surface area contributed by atoms with Crippen molar-refractivity contribution in [1.82, 2.24) is 14.7 Å². The normalized spacial score (nSPS) is 14.2. The van der Waals surface area contributed by atoms with Crippen LogP contribution in [0, 0.1) is 12.8 Å². The highest BCUT2D eigenvalue weighted by atomic mass is 32.1. The number of nitrogens with zero attached hydrogens (tertiary/aromatic N) is 3. The zero-order valence-electron chi connectivity index (χ0n) is 24.3. The average molecular weight is 570 g/mol. The van der Waals surface area contributed by atoms with Gasteiger partial charge in [0, 0.05) is 35.1 Å². The Morgan fingerprint density at radius 1 is 0.976 bits per heavy atom. The van der Waals surface area contributed by atoms with Crippen molar-refractivity contribution < 1.29 is 9.59 Å². The molecule has 8 heteroatoms. The quantitative estimate of drug-likeness (QED) is 0.247. The van der Waals surface area contributed by atoms with Crippen molar-refractivity contribution in [2.45, 2.75) is 58.8 Å². The highest BCUT2D eigenvalue weighted by Gasteiger charge is 2.24. The number of amides is 3. The van der Waals surface area contributed by atoms with Crippen LogP contribution >= 0.6 is 11.3 Å². The fourth-order valence-electron chi connectivity index (χ4n) is 5.17. The van der Waals surface area contributed by atoms with E-state index < -0.39 is 0 Å². The van der Waals surface area contributed by atoms with Gasteiger partial charge in [0.2, 0.25) is 5.91 Å². The number of rotatable bonds is 7. The molecule has 1 fully saturated rings. The SMILES string of the molecule is Cc1ccc(-n2nc(C(C)(C)C)cc2NC(=O)Nc2cccc(CC3CCN(C(=O)Cc4cccs4)CC3)c2)cc1. The molecule has 2 N–H and O–H groups in total. The number of likely N-dealkylation sites (tertiary alicyclic amines) is 1. The summed E-state index contributed by atoms with van der Waals surface area (Å²) in [5.41, 5.74) is 4.73. The van der Waals surface area contributed by atoms with Crippen molar-refractivity contribution in [2.24, 2.45) is 5.92 Å². The molecule has 4 aromatic rings. The summed E-state index contributed by atoms with van der Waals surface area (Å²) in [6, 6.07) is 21.8. The average Bonchev–Trinajstić information content (AvgIpc) is 3.60. The van der Waals surface area contributed by atoms with Crippen LogP contribution in [0.15, 0.2) is 72.1 Å². The summed E-state index contributed by atoms with van der Waals surface area (Å²) in [4.78, 5) is 28.9. The van der Waals surface area contributed by atoms with Crippen LogP contribution in [-0.2, 0) is 23.1 Å². The van der Waals surface area contributed by atoms with E-state index in [0.29, 0.717) is 18.2 Å². The second-order valence-corrected chi connectivity index (χ2v) is 13.0. The zero-order valence-corrected chi connectivity index (χ0v) is 25.1. The van der Waals surface area contributed by atoms with Gasteiger partial charge < -0.3 is 10.2 Å². The van der Waals surface area contributed by atoms with Gasteiger partial charge >= 0.3 is 6.03 Å². The first-order valence-electron chi connectivity index (χ1n) is 14.3. The van der Waals surface area contributed by atoms with Gasteiger partial charge in [0.15, 0.2) is 0 Å². The third-order valence-electron chi connectivity index (χ3n) is 7.58. The summed E-state index contributed by atoms with van der Waals surface area (Å²) in [5.74, 6) is 1.36. The van der Waals surface area contributed by atoms with E-state index in [2.05, 4.69) is 37.5 Å². The predicted molar refractivity (Wildman–Crippen MR) is 167 cm³/mol. The van der Waals surface area contributed by atoms with Crippen molar-refractivity contribution in [2.75, 3.05) is 23.7 Å². The van der Waals surface area contributed by atoms with Crippen LogP contribution in [0.4, 0.5) is 16.3 Å². The molecule has 2 aromatic heterocycles. The number of carbonyl (C=O) groups excluding carboxylic acids is 2. The fourth-order valence-corrected chi connectivity index (χ4v) is 5.86. The van der Waals surface area contributed by atoms with E-state index in [4.69, 9.17) is 5.10 Å². The maximum Gasteiger partial charge on any atom is 0.324 e. The molecular formula is C33H39N5O2S. The monoisotopic (exact) mass is 569 g/mol. The fraction of sp³-hybridized carbons (Fsp3) is 0.364. The van der Waals surface area contributed by atoms with E-state index in [-0.39, 0.29) is 17.4 Å². The maximum absolute atomic E-state index is 13.1. The van der Waals surface area contributed by atoms with E-state index in [0.717, 1.165) is 59.9 Å². The topological polar surface area (TPSA) is 79.3 Å². The number of thiophene rings is 1. The van der Waals surface area contributed by atoms with Gasteiger partial charge in [-0.1, -0.05) is 56.7 Å². The lowest BCUT2D eigenvalue weighted by Gasteiger charge is -2.32. The second-order valence-electron chi connectivity index (χ2n) is 12.0. The number of hydrogen-bond donors (Lipinski definition) is 2. The van der Waals surface area contributed by atoms with E-state index >= 15 is 0 Å². The molecule has 1 aliphatic heterocycles. The number of urea groups is 1. The first-order chi connectivity index (χ1) is 19.6. The minimum atomic E-state index is -0.312. The molecule has 0 aliphatic carbocycles. The Labute approximate surface area is 246 Å². The molecule has 2 aromatic carbocycles. The van der Waals surface area contributed by atoms with Crippen molar-refractivity contribution in [3.8, 4) is 5.69 Å². The Morgan fingerprint density at radius 3 is 2.41 bits per heavy atom. The van der Waals surface area contributed by atoms with Crippen LogP contribution in [0.5, 0.6) is 0 Å². The van der Waals surface area contributed by atoms with Crippen LogP contribution in [0.1, 0.15) is 55.3 Å². The molecule has 0 atom stereocenters. The van der Waals surface area contributed by atoms with Gasteiger partial charge in [0.1, 0.15) is 5.82 Å². The first-order valence-corrected chi connectivity index (χ1v) is 15.2. The van der Waals surface area contributed by atoms with Crippen molar-refractivity contribution in [3.05, 3.63) is 93.8 Å². The summed E-state index contributed by atoms with van der Waals surface area (Å²) in [5, 5.41) is 12.8. The third-order valence-corrected chi connectivity index (χ3v) is 8.46. The lowest BCUT2D eigenvalue weighted by Crippen LogP contribution is -2.39. The van der Waals surface area contributed by atoms with Crippen LogP contribution in [-0.4, -0.2) is 39.7 Å². The van der Waals surface area contributed by atoms with Gasteiger partial charge in [-0.25, -0.2) is 9.48 Å². The van der Waals surface area contributed by atoms with E-state index in [1.165, 1.54) is 5.56 Å². The third kappa shape index (κ3) is 7.44. The molecule has 214 valence electrons. The van der Waals surface area contributed by atoms with Gasteiger partial charge in [-0.2, -0.15) is 5.10 Å². The van der Waals surface area contributed by atoms with Gasteiger partial charge in [0.25, 0.3) is 0 Å². The molecule has 1 aliphatic rings. The number of piperidine rings is 1. The van der Waals surface area contributed by atoms with Gasteiger partial charge in [0.05, 0.1) is 17.8 Å². The minimum Gasteiger partial charge on any atom is -0.342 e. The number of nitrogens with one attached hydrogen (secondary N) is 2. The van der Waals surface area contributed by atoms with Crippen LogP contribution in [0.25, 0.3) is 5.69 Å². The molecule has 0 saturated carbocycles. The highest BCUT2D eigenvalue weighted by Crippen LogP contribution is 2.27. The Balaban J connectivity index is 1.19. The molecule has 0 radical (unpaired) electrons. The van der Waals surface area contributed by atoms with E-state index in [1.54, 1.807) is 16.0 Å². The van der Waals surface area contributed by atoms with Gasteiger partial charge in [-0.3, -0.25) is 10.1 Å². The Kier molecular flexibility index (Phi) is 8.59. The second kappa shape index (κ2) is 12.3. The van der Waals surface area contributed by atoms with Crippen molar-refractivity contribution in [1.29, 1.82) is 0 Å². The molecule has 0 spiro atoms. The number of benzene rings is 2. The molecular weight excluding hydrogens is 530 g/mol. The largest absolute Gasteiger partial charge is 0.342 e. The van der Waals surface area contributed by atoms with Gasteiger partial charge in [-0.05, 0) is 73.4 Å². The summed E-state index contributed by atoms with van der Waals surface area (Å²) < 4.78 is 1.79. The van der Waals surface area contributed by atoms with Crippen LogP contribution in [0.3, 0.4) is 0 Å². The Hall–Kier alpha value is -3.91. The maximum atomic E-state index is 13.1. The Bertz CT molecular complexity index is 1480. The van der Waals surface area contributed by atoms with Gasteiger partial charge in [-0.15, -0.1) is 11.3 Å². The molecule has 1 saturated heterocycles. The smallest absolute Gasteiger partial charge is 0.324 e. The number of aryl methyl sites for hydroxylation is 1. The summed E-state index contributed by atoms with van der Waals surface area (Å²) in [6.07, 6.45) is 3.42. The lowest BCUT2D eigenvalue weighted by molar-refractivity contribution is -0.131. The van der Waals surface area contributed by atoms with Crippen LogP contribution < -0.4 is 10.6 Å². The number of anilines is 2. The molecule has 5 rings (SSSR count). The zero-order chi connectivity index (χ0) is 29.0. The molecule has 0 bridgehead atoms. The number of hydrogen-bond acceptors (Lipinski definition) is 4. The summed E-state index contributed by atoms with van der Waals surface area (Å²) in [7, 11) is 0. The molecule has 3 heterocycles. The van der Waals surface area contributed by atoms with Crippen LogP contribution in [0.2, 0.25) is 0 Å². The van der Waals surface area contributed by atoms with Crippen molar-refractivity contribution >= 4 is 34.8 Å². The Morgan fingerprint density at radius 2 is 1.73 bits per heavy atom. The molecule has 7 nitrogen and oxygen atoms in total. The number of carbonyl (C=O) groups is 2. The highest BCUT2D eigenvalue weighted by molar-refractivity contribution is 7.10. The van der Waals surface area contributed by atoms with E-state index in [1.807, 2.05) is 77.9 Å². The molecule has 0 unspecified atom stereocenters. The summed E-state index contributed by atoms with van der Waals surface area (Å²) in [6.45, 7) is 9.98. The lowest BCUT2D eigenvalue weighted by atomic mass is 9.90. The summed E-state index contributed by atoms with van der Waals surface area (Å²) >= 11 is 1.64.